The molecule has 0 unspecified atom stereocenters. The van der Waals surface area contributed by atoms with Crippen LogP contribution in [0.15, 0.2) is 64.4 Å². The summed E-state index contributed by atoms with van der Waals surface area (Å²) in [6.07, 6.45) is 1.67. The summed E-state index contributed by atoms with van der Waals surface area (Å²) < 4.78 is 64.5. The van der Waals surface area contributed by atoms with Gasteiger partial charge in [-0.25, -0.2) is 21.6 Å². The Kier molecular flexibility index (Phi) is 7.61. The van der Waals surface area contributed by atoms with Crippen molar-refractivity contribution in [3.63, 3.8) is 0 Å². The monoisotopic (exact) mass is 547 g/mol. The van der Waals surface area contributed by atoms with Crippen LogP contribution in [0.3, 0.4) is 0 Å². The topological polar surface area (TPSA) is 157 Å². The average molecular weight is 548 g/mol. The second-order valence-electron chi connectivity index (χ2n) is 8.00. The molecule has 0 saturated carbocycles. The summed E-state index contributed by atoms with van der Waals surface area (Å²) >= 11 is 0. The maximum Gasteiger partial charge on any atom is 0.264 e. The number of hydrogen-bond donors (Lipinski definition) is 2. The van der Waals surface area contributed by atoms with Crippen molar-refractivity contribution in [2.24, 2.45) is 0 Å². The van der Waals surface area contributed by atoms with Crippen LogP contribution in [-0.2, 0) is 20.0 Å². The molecule has 14 heteroatoms. The number of nitrogens with one attached hydrogen (secondary N) is 2. The van der Waals surface area contributed by atoms with Crippen molar-refractivity contribution in [1.29, 1.82) is 0 Å². The lowest BCUT2D eigenvalue weighted by Gasteiger charge is -2.15. The number of sulfonamides is 2. The number of benzene rings is 2. The number of aromatic nitrogens is 2. The van der Waals surface area contributed by atoms with Crippen LogP contribution in [-0.4, -0.2) is 64.3 Å². The van der Waals surface area contributed by atoms with E-state index in [9.17, 15) is 21.6 Å². The highest BCUT2D eigenvalue weighted by Gasteiger charge is 2.27. The van der Waals surface area contributed by atoms with Crippen molar-refractivity contribution in [1.82, 2.24) is 14.3 Å². The molecule has 2 aromatic carbocycles. The predicted molar refractivity (Wildman–Crippen MR) is 135 cm³/mol. The van der Waals surface area contributed by atoms with Gasteiger partial charge in [-0.15, -0.1) is 0 Å². The lowest BCUT2D eigenvalue weighted by atomic mass is 10.2. The SMILES string of the molecule is COc1cc(OC)nc(NS(=O)(=O)c2ccc(NC(=O)c3ccc(S(=O)(=O)N4CCCC4)cc3)cc2)n1. The van der Waals surface area contributed by atoms with Gasteiger partial charge in [0.05, 0.1) is 30.1 Å². The first-order chi connectivity index (χ1) is 17.6. The number of anilines is 2. The second kappa shape index (κ2) is 10.7. The first-order valence-electron chi connectivity index (χ1n) is 11.1. The molecule has 3 aromatic rings. The van der Waals surface area contributed by atoms with Crippen LogP contribution in [0.2, 0.25) is 0 Å². The maximum atomic E-state index is 12.8. The molecule has 0 aliphatic carbocycles. The Hall–Kier alpha value is -3.75. The highest BCUT2D eigenvalue weighted by atomic mass is 32.2. The molecule has 1 fully saturated rings. The molecule has 0 radical (unpaired) electrons. The van der Waals surface area contributed by atoms with Crippen LogP contribution in [0.5, 0.6) is 11.8 Å². The number of amides is 1. The molecule has 37 heavy (non-hydrogen) atoms. The highest BCUT2D eigenvalue weighted by Crippen LogP contribution is 2.23. The van der Waals surface area contributed by atoms with Crippen LogP contribution < -0.4 is 19.5 Å². The molecule has 2 N–H and O–H groups in total. The fraction of sp³-hybridized carbons (Fsp3) is 0.261. The summed E-state index contributed by atoms with van der Waals surface area (Å²) in [5.41, 5.74) is 0.597. The summed E-state index contributed by atoms with van der Waals surface area (Å²) in [6, 6.07) is 12.5. The van der Waals surface area contributed by atoms with Crippen molar-refractivity contribution in [2.75, 3.05) is 37.3 Å². The van der Waals surface area contributed by atoms with Gasteiger partial charge in [-0.3, -0.25) is 4.79 Å². The Labute approximate surface area is 214 Å². The second-order valence-corrected chi connectivity index (χ2v) is 11.6. The third-order valence-corrected chi connectivity index (χ3v) is 8.82. The zero-order valence-electron chi connectivity index (χ0n) is 20.0. The van der Waals surface area contributed by atoms with Gasteiger partial charge in [0.1, 0.15) is 0 Å². The molecule has 0 spiro atoms. The van der Waals surface area contributed by atoms with Crippen LogP contribution in [0.25, 0.3) is 0 Å². The quantitative estimate of drug-likeness (QED) is 0.410. The number of hydrogen-bond acceptors (Lipinski definition) is 9. The van der Waals surface area contributed by atoms with E-state index in [0.29, 0.717) is 18.8 Å². The van der Waals surface area contributed by atoms with E-state index in [1.54, 1.807) is 0 Å². The number of carbonyl (C=O) groups excluding carboxylic acids is 1. The largest absolute Gasteiger partial charge is 0.481 e. The number of nitrogens with zero attached hydrogens (tertiary/aromatic N) is 3. The third kappa shape index (κ3) is 5.98. The molecule has 1 aliphatic rings. The van der Waals surface area contributed by atoms with Crippen molar-refractivity contribution in [3.8, 4) is 11.8 Å². The minimum Gasteiger partial charge on any atom is -0.481 e. The van der Waals surface area contributed by atoms with E-state index >= 15 is 0 Å². The number of carbonyl (C=O) groups is 1. The van der Waals surface area contributed by atoms with E-state index in [0.717, 1.165) is 12.8 Å². The van der Waals surface area contributed by atoms with Crippen LogP contribution in [0.4, 0.5) is 11.6 Å². The van der Waals surface area contributed by atoms with Crippen LogP contribution >= 0.6 is 0 Å². The Bertz CT molecular complexity index is 1470. The first-order valence-corrected chi connectivity index (χ1v) is 14.1. The van der Waals surface area contributed by atoms with Gasteiger partial charge in [0.25, 0.3) is 15.9 Å². The van der Waals surface area contributed by atoms with Gasteiger partial charge in [0.15, 0.2) is 0 Å². The molecule has 1 saturated heterocycles. The standard InChI is InChI=1S/C23H25N5O7S2/c1-34-20-15-21(35-2)26-23(25-20)27-36(30,31)18-11-7-17(8-12-18)24-22(29)16-5-9-19(10-6-16)37(32,33)28-13-3-4-14-28/h5-12,15H,3-4,13-14H2,1-2H3,(H,24,29)(H,25,26,27). The molecule has 2 heterocycles. The number of methoxy groups -OCH3 is 2. The van der Waals surface area contributed by atoms with Crippen molar-refractivity contribution < 1.29 is 31.1 Å². The first kappa shape index (κ1) is 26.3. The maximum absolute atomic E-state index is 12.8. The molecule has 0 atom stereocenters. The zero-order valence-corrected chi connectivity index (χ0v) is 21.7. The lowest BCUT2D eigenvalue weighted by Crippen LogP contribution is -2.27. The van der Waals surface area contributed by atoms with E-state index in [-0.39, 0.29) is 33.1 Å². The molecule has 12 nitrogen and oxygen atoms in total. The van der Waals surface area contributed by atoms with Crippen molar-refractivity contribution in [2.45, 2.75) is 22.6 Å². The van der Waals surface area contributed by atoms with Crippen molar-refractivity contribution in [3.05, 3.63) is 60.2 Å². The van der Waals surface area contributed by atoms with Gasteiger partial charge >= 0.3 is 0 Å². The van der Waals surface area contributed by atoms with Gasteiger partial charge in [0, 0.05) is 24.3 Å². The molecule has 1 aromatic heterocycles. The molecular weight excluding hydrogens is 522 g/mol. The minimum absolute atomic E-state index is 0.0904. The Morgan fingerprint density at radius 2 is 1.38 bits per heavy atom. The lowest BCUT2D eigenvalue weighted by molar-refractivity contribution is 0.102. The summed E-state index contributed by atoms with van der Waals surface area (Å²) in [4.78, 5) is 20.6. The fourth-order valence-electron chi connectivity index (χ4n) is 3.61. The van der Waals surface area contributed by atoms with Crippen LogP contribution in [0, 0.1) is 0 Å². The molecule has 1 amide bonds. The van der Waals surface area contributed by atoms with Gasteiger partial charge in [-0.1, -0.05) is 0 Å². The normalized spacial score (nSPS) is 14.2. The van der Waals surface area contributed by atoms with Gasteiger partial charge < -0.3 is 14.8 Å². The highest BCUT2D eigenvalue weighted by molar-refractivity contribution is 7.92. The van der Waals surface area contributed by atoms with Gasteiger partial charge in [-0.2, -0.15) is 14.3 Å². The Morgan fingerprint density at radius 1 is 0.838 bits per heavy atom. The van der Waals surface area contributed by atoms with E-state index in [4.69, 9.17) is 9.47 Å². The number of rotatable bonds is 9. The third-order valence-electron chi connectivity index (χ3n) is 5.56. The smallest absolute Gasteiger partial charge is 0.264 e. The summed E-state index contributed by atoms with van der Waals surface area (Å²) in [6.45, 7) is 0.985. The summed E-state index contributed by atoms with van der Waals surface area (Å²) in [7, 11) is -4.87. The van der Waals surface area contributed by atoms with Crippen LogP contribution in [0.1, 0.15) is 23.2 Å². The summed E-state index contributed by atoms with van der Waals surface area (Å²) in [5.74, 6) is -0.479. The Balaban J connectivity index is 1.43. The molecule has 0 bridgehead atoms. The van der Waals surface area contributed by atoms with E-state index in [1.165, 1.54) is 73.1 Å². The van der Waals surface area contributed by atoms with E-state index < -0.39 is 26.0 Å². The predicted octanol–water partition coefficient (Wildman–Crippen LogP) is 2.33. The van der Waals surface area contributed by atoms with E-state index in [1.807, 2.05) is 0 Å². The molecule has 1 aliphatic heterocycles. The Morgan fingerprint density at radius 3 is 1.92 bits per heavy atom. The van der Waals surface area contributed by atoms with E-state index in [2.05, 4.69) is 20.0 Å². The summed E-state index contributed by atoms with van der Waals surface area (Å²) in [5, 5.41) is 2.66. The fourth-order valence-corrected chi connectivity index (χ4v) is 6.08. The molecular formula is C23H25N5O7S2. The van der Waals surface area contributed by atoms with Crippen molar-refractivity contribution >= 4 is 37.6 Å². The van der Waals surface area contributed by atoms with Gasteiger partial charge in [-0.05, 0) is 61.4 Å². The number of ether oxygens (including phenoxy) is 2. The molecule has 4 rings (SSSR count). The average Bonchev–Trinajstić information content (AvgIpc) is 3.45. The minimum atomic E-state index is -4.05. The molecule has 196 valence electrons. The van der Waals surface area contributed by atoms with Gasteiger partial charge in [0.2, 0.25) is 27.7 Å². The zero-order chi connectivity index (χ0) is 26.6.